The van der Waals surface area contributed by atoms with Crippen molar-refractivity contribution in [2.24, 2.45) is 0 Å². The molecular weight excluding hydrogens is 254 g/mol. The number of ether oxygens (including phenoxy) is 2. The fourth-order valence-electron chi connectivity index (χ4n) is 2.70. The van der Waals surface area contributed by atoms with E-state index in [9.17, 15) is 4.79 Å². The van der Waals surface area contributed by atoms with Gasteiger partial charge in [0.25, 0.3) is 5.91 Å². The minimum atomic E-state index is -0.0878. The van der Waals surface area contributed by atoms with Crippen molar-refractivity contribution in [3.8, 4) is 11.5 Å². The number of carbonyl (C=O) groups is 1. The van der Waals surface area contributed by atoms with E-state index < -0.39 is 0 Å². The topological polar surface area (TPSA) is 47.6 Å². The summed E-state index contributed by atoms with van der Waals surface area (Å²) in [5.41, 5.74) is 1.52. The van der Waals surface area contributed by atoms with Gasteiger partial charge < -0.3 is 14.8 Å². The molecule has 0 unspecified atom stereocenters. The van der Waals surface area contributed by atoms with Crippen LogP contribution >= 0.6 is 0 Å². The van der Waals surface area contributed by atoms with Crippen LogP contribution in [-0.4, -0.2) is 19.1 Å². The van der Waals surface area contributed by atoms with Gasteiger partial charge >= 0.3 is 0 Å². The van der Waals surface area contributed by atoms with E-state index >= 15 is 0 Å². The van der Waals surface area contributed by atoms with Gasteiger partial charge in [-0.25, -0.2) is 0 Å². The van der Waals surface area contributed by atoms with Crippen LogP contribution in [0.2, 0.25) is 0 Å². The average Bonchev–Trinajstić information content (AvgIpc) is 2.84. The van der Waals surface area contributed by atoms with Crippen LogP contribution < -0.4 is 14.8 Å². The smallest absolute Gasteiger partial charge is 0.255 e. The minimum absolute atomic E-state index is 0.0878. The highest BCUT2D eigenvalue weighted by Crippen LogP contribution is 2.42. The van der Waals surface area contributed by atoms with E-state index in [1.165, 1.54) is 0 Å². The zero-order chi connectivity index (χ0) is 14.1. The number of hydrogen-bond acceptors (Lipinski definition) is 3. The molecule has 0 aliphatic carbocycles. The van der Waals surface area contributed by atoms with Gasteiger partial charge in [-0.3, -0.25) is 4.79 Å². The summed E-state index contributed by atoms with van der Waals surface area (Å²) in [6, 6.07) is 7.89. The van der Waals surface area contributed by atoms with Crippen LogP contribution in [0.25, 0.3) is 10.8 Å². The van der Waals surface area contributed by atoms with Crippen LogP contribution in [-0.2, 0) is 6.54 Å². The van der Waals surface area contributed by atoms with Crippen LogP contribution in [0.4, 0.5) is 0 Å². The van der Waals surface area contributed by atoms with E-state index in [1.807, 2.05) is 38.1 Å². The molecule has 1 N–H and O–H groups in total. The monoisotopic (exact) mass is 271 g/mol. The predicted molar refractivity (Wildman–Crippen MR) is 77.5 cm³/mol. The Hall–Kier alpha value is -2.23. The molecule has 0 saturated carbocycles. The number of carbonyl (C=O) groups excluding carboxylic acids is 1. The van der Waals surface area contributed by atoms with Crippen LogP contribution in [0.5, 0.6) is 11.5 Å². The van der Waals surface area contributed by atoms with Crippen molar-refractivity contribution in [1.29, 1.82) is 0 Å². The van der Waals surface area contributed by atoms with E-state index in [1.54, 1.807) is 0 Å². The van der Waals surface area contributed by atoms with Crippen molar-refractivity contribution in [1.82, 2.24) is 5.32 Å². The van der Waals surface area contributed by atoms with Crippen LogP contribution in [0.3, 0.4) is 0 Å². The van der Waals surface area contributed by atoms with Gasteiger partial charge in [-0.05, 0) is 13.8 Å². The van der Waals surface area contributed by atoms with E-state index in [4.69, 9.17) is 9.47 Å². The fourth-order valence-corrected chi connectivity index (χ4v) is 2.70. The standard InChI is InChI=1S/C16H17NO3/c1-3-19-14-10-7-5-6-8-11(10)15(20-4-2)13-12(14)9-17-16(13)18/h5-8H,3-4,9H2,1-2H3,(H,17,18). The molecule has 4 heteroatoms. The van der Waals surface area contributed by atoms with Gasteiger partial charge in [-0.1, -0.05) is 24.3 Å². The van der Waals surface area contributed by atoms with E-state index in [-0.39, 0.29) is 5.91 Å². The molecule has 2 aromatic rings. The highest BCUT2D eigenvalue weighted by molar-refractivity contribution is 6.09. The second-order valence-electron chi connectivity index (χ2n) is 4.61. The van der Waals surface area contributed by atoms with Crippen molar-refractivity contribution in [2.45, 2.75) is 20.4 Å². The molecule has 20 heavy (non-hydrogen) atoms. The zero-order valence-electron chi connectivity index (χ0n) is 11.7. The SMILES string of the molecule is CCOc1c2c(c(OCC)c3ccccc13)C(=O)NC2. The number of rotatable bonds is 4. The van der Waals surface area contributed by atoms with Crippen molar-refractivity contribution in [2.75, 3.05) is 13.2 Å². The number of benzene rings is 2. The lowest BCUT2D eigenvalue weighted by atomic mass is 9.99. The lowest BCUT2D eigenvalue weighted by Crippen LogP contribution is -2.13. The molecule has 1 aliphatic rings. The van der Waals surface area contributed by atoms with Gasteiger partial charge in [0, 0.05) is 22.9 Å². The molecule has 0 spiro atoms. The third kappa shape index (κ3) is 1.80. The van der Waals surface area contributed by atoms with Gasteiger partial charge in [0.2, 0.25) is 0 Å². The van der Waals surface area contributed by atoms with Crippen LogP contribution in [0.15, 0.2) is 24.3 Å². The summed E-state index contributed by atoms with van der Waals surface area (Å²) in [5, 5.41) is 4.78. The highest BCUT2D eigenvalue weighted by Gasteiger charge is 2.30. The zero-order valence-corrected chi connectivity index (χ0v) is 11.7. The molecule has 0 atom stereocenters. The molecule has 0 radical (unpaired) electrons. The van der Waals surface area contributed by atoms with Gasteiger partial charge in [0.15, 0.2) is 0 Å². The largest absolute Gasteiger partial charge is 0.493 e. The summed E-state index contributed by atoms with van der Waals surface area (Å²) >= 11 is 0. The fraction of sp³-hybridized carbons (Fsp3) is 0.312. The second kappa shape index (κ2) is 5.04. The summed E-state index contributed by atoms with van der Waals surface area (Å²) in [5.74, 6) is 1.37. The van der Waals surface area contributed by atoms with Crippen LogP contribution in [0.1, 0.15) is 29.8 Å². The molecule has 104 valence electrons. The third-order valence-corrected chi connectivity index (χ3v) is 3.45. The molecule has 0 bridgehead atoms. The quantitative estimate of drug-likeness (QED) is 0.930. The average molecular weight is 271 g/mol. The van der Waals surface area contributed by atoms with E-state index in [0.717, 1.165) is 22.1 Å². The summed E-state index contributed by atoms with van der Waals surface area (Å²) in [7, 11) is 0. The summed E-state index contributed by atoms with van der Waals surface area (Å²) < 4.78 is 11.5. The Bertz CT molecular complexity index is 679. The Morgan fingerprint density at radius 1 is 1.05 bits per heavy atom. The highest BCUT2D eigenvalue weighted by atomic mass is 16.5. The molecule has 0 fully saturated rings. The van der Waals surface area contributed by atoms with Crippen molar-refractivity contribution >= 4 is 16.7 Å². The molecule has 2 aromatic carbocycles. The summed E-state index contributed by atoms with van der Waals surface area (Å²) in [4.78, 5) is 12.1. The predicted octanol–water partition coefficient (Wildman–Crippen LogP) is 2.88. The normalized spacial score (nSPS) is 13.2. The molecular formula is C16H17NO3. The molecule has 3 rings (SSSR count). The lowest BCUT2D eigenvalue weighted by molar-refractivity contribution is 0.0963. The molecule has 0 saturated heterocycles. The van der Waals surface area contributed by atoms with Gasteiger partial charge in [-0.15, -0.1) is 0 Å². The first-order valence-electron chi connectivity index (χ1n) is 6.89. The van der Waals surface area contributed by atoms with Gasteiger partial charge in [0.05, 0.1) is 18.8 Å². The number of amides is 1. The number of nitrogens with one attached hydrogen (secondary N) is 1. The molecule has 1 heterocycles. The second-order valence-corrected chi connectivity index (χ2v) is 4.61. The van der Waals surface area contributed by atoms with E-state index in [2.05, 4.69) is 5.32 Å². The molecule has 4 nitrogen and oxygen atoms in total. The van der Waals surface area contributed by atoms with Crippen molar-refractivity contribution in [3.05, 3.63) is 35.4 Å². The maximum absolute atomic E-state index is 12.1. The van der Waals surface area contributed by atoms with Crippen molar-refractivity contribution in [3.63, 3.8) is 0 Å². The first-order valence-corrected chi connectivity index (χ1v) is 6.89. The molecule has 1 amide bonds. The Morgan fingerprint density at radius 3 is 2.30 bits per heavy atom. The Morgan fingerprint density at radius 2 is 1.65 bits per heavy atom. The number of fused-ring (bicyclic) bond motifs is 2. The van der Waals surface area contributed by atoms with Gasteiger partial charge in [-0.2, -0.15) is 0 Å². The lowest BCUT2D eigenvalue weighted by Gasteiger charge is -2.16. The maximum Gasteiger partial charge on any atom is 0.255 e. The number of hydrogen-bond donors (Lipinski definition) is 1. The van der Waals surface area contributed by atoms with Crippen LogP contribution in [0, 0.1) is 0 Å². The van der Waals surface area contributed by atoms with E-state index in [0.29, 0.717) is 31.1 Å². The van der Waals surface area contributed by atoms with Crippen molar-refractivity contribution < 1.29 is 14.3 Å². The first-order chi connectivity index (χ1) is 9.77. The van der Waals surface area contributed by atoms with Gasteiger partial charge in [0.1, 0.15) is 11.5 Å². The summed E-state index contributed by atoms with van der Waals surface area (Å²) in [6.45, 7) is 5.46. The Balaban J connectivity index is 2.39. The Kier molecular flexibility index (Phi) is 3.22. The molecule has 1 aliphatic heterocycles. The Labute approximate surface area is 117 Å². The first kappa shape index (κ1) is 12.8. The maximum atomic E-state index is 12.1. The molecule has 0 aromatic heterocycles. The summed E-state index contributed by atoms with van der Waals surface area (Å²) in [6.07, 6.45) is 0. The minimum Gasteiger partial charge on any atom is -0.493 e. The third-order valence-electron chi connectivity index (χ3n) is 3.45.